The number of nitrogens with one attached hydrogen (secondary N) is 2. The van der Waals surface area contributed by atoms with Crippen molar-refractivity contribution in [2.75, 3.05) is 18.5 Å². The molecule has 0 aromatic heterocycles. The number of hydrogen-bond donors (Lipinski definition) is 2. The lowest BCUT2D eigenvalue weighted by molar-refractivity contribution is -0.138. The highest BCUT2D eigenvalue weighted by Gasteiger charge is 2.36. The Kier molecular flexibility index (Phi) is 7.25. The topological polar surface area (TPSA) is 67.4 Å². The number of ether oxygens (including phenoxy) is 1. The Balaban J connectivity index is 1.94. The molecule has 6 heteroatoms. The minimum Gasteiger partial charge on any atom is -0.492 e. The fourth-order valence-corrected chi connectivity index (χ4v) is 2.55. The van der Waals surface area contributed by atoms with Crippen molar-refractivity contribution in [3.63, 3.8) is 0 Å². The van der Waals surface area contributed by atoms with Gasteiger partial charge in [0.15, 0.2) is 0 Å². The average molecular weight is 389 g/mol. The molecule has 0 atom stereocenters. The molecule has 0 aliphatic carbocycles. The zero-order chi connectivity index (χ0) is 19.9. The molecular formula is C21H25ClN2O3. The van der Waals surface area contributed by atoms with Gasteiger partial charge in [-0.1, -0.05) is 35.9 Å². The van der Waals surface area contributed by atoms with E-state index in [0.717, 1.165) is 5.56 Å². The summed E-state index contributed by atoms with van der Waals surface area (Å²) in [7, 11) is 0. The molecule has 0 aliphatic heterocycles. The molecule has 27 heavy (non-hydrogen) atoms. The molecule has 0 unspecified atom stereocenters. The fourth-order valence-electron chi connectivity index (χ4n) is 2.43. The molecule has 0 spiro atoms. The van der Waals surface area contributed by atoms with Crippen LogP contribution in [0.25, 0.3) is 0 Å². The molecule has 2 aromatic rings. The van der Waals surface area contributed by atoms with Gasteiger partial charge in [-0.15, -0.1) is 0 Å². The van der Waals surface area contributed by atoms with Crippen molar-refractivity contribution in [1.29, 1.82) is 0 Å². The number of rotatable bonds is 8. The molecule has 0 heterocycles. The number of hydrogen-bond acceptors (Lipinski definition) is 3. The summed E-state index contributed by atoms with van der Waals surface area (Å²) >= 11 is 5.87. The Morgan fingerprint density at radius 3 is 2.37 bits per heavy atom. The monoisotopic (exact) mass is 388 g/mol. The summed E-state index contributed by atoms with van der Waals surface area (Å²) < 4.78 is 5.51. The molecular weight excluding hydrogens is 364 g/mol. The van der Waals surface area contributed by atoms with Crippen LogP contribution < -0.4 is 15.4 Å². The maximum Gasteiger partial charge on any atom is 0.239 e. The SMILES string of the molecule is CCOc1ccccc1NC(=O)C(C)(C)C(=O)NCCc1ccc(Cl)cc1. The number of para-hydroxylation sites is 2. The normalized spacial score (nSPS) is 11.0. The van der Waals surface area contributed by atoms with E-state index in [1.165, 1.54) is 0 Å². The van der Waals surface area contributed by atoms with Gasteiger partial charge in [-0.2, -0.15) is 0 Å². The Labute approximate surface area is 165 Å². The number of anilines is 1. The summed E-state index contributed by atoms with van der Waals surface area (Å²) in [5, 5.41) is 6.29. The molecule has 2 amide bonds. The first kappa shape index (κ1) is 20.8. The molecule has 0 saturated carbocycles. The molecule has 0 radical (unpaired) electrons. The molecule has 2 aromatic carbocycles. The van der Waals surface area contributed by atoms with Gasteiger partial charge < -0.3 is 15.4 Å². The second kappa shape index (κ2) is 9.42. The van der Waals surface area contributed by atoms with Crippen molar-refractivity contribution in [3.8, 4) is 5.75 Å². The number of carbonyl (C=O) groups is 2. The highest BCUT2D eigenvalue weighted by molar-refractivity contribution is 6.30. The van der Waals surface area contributed by atoms with Crippen LogP contribution in [0.1, 0.15) is 26.3 Å². The van der Waals surface area contributed by atoms with Gasteiger partial charge in [-0.25, -0.2) is 0 Å². The molecule has 0 saturated heterocycles. The van der Waals surface area contributed by atoms with E-state index < -0.39 is 11.3 Å². The van der Waals surface area contributed by atoms with Gasteiger partial charge in [0.2, 0.25) is 11.8 Å². The zero-order valence-corrected chi connectivity index (χ0v) is 16.6. The first-order valence-corrected chi connectivity index (χ1v) is 9.28. The maximum atomic E-state index is 12.7. The Bertz CT molecular complexity index is 788. The molecule has 5 nitrogen and oxygen atoms in total. The van der Waals surface area contributed by atoms with Crippen LogP contribution in [0.3, 0.4) is 0 Å². The average Bonchev–Trinajstić information content (AvgIpc) is 2.65. The minimum absolute atomic E-state index is 0.331. The number of carbonyl (C=O) groups excluding carboxylic acids is 2. The van der Waals surface area contributed by atoms with Crippen molar-refractivity contribution in [1.82, 2.24) is 5.32 Å². The molecule has 0 fully saturated rings. The van der Waals surface area contributed by atoms with Crippen LogP contribution in [0.2, 0.25) is 5.02 Å². The maximum absolute atomic E-state index is 12.7. The van der Waals surface area contributed by atoms with E-state index in [9.17, 15) is 9.59 Å². The van der Waals surface area contributed by atoms with E-state index in [0.29, 0.717) is 36.0 Å². The third kappa shape index (κ3) is 5.73. The highest BCUT2D eigenvalue weighted by Crippen LogP contribution is 2.26. The van der Waals surface area contributed by atoms with Crippen LogP contribution in [0.4, 0.5) is 5.69 Å². The molecule has 0 bridgehead atoms. The second-order valence-corrected chi connectivity index (χ2v) is 7.08. The van der Waals surface area contributed by atoms with Crippen LogP contribution in [0.15, 0.2) is 48.5 Å². The van der Waals surface area contributed by atoms with Gasteiger partial charge in [0, 0.05) is 11.6 Å². The van der Waals surface area contributed by atoms with Gasteiger partial charge in [0.05, 0.1) is 12.3 Å². The van der Waals surface area contributed by atoms with E-state index in [1.807, 2.05) is 37.3 Å². The summed E-state index contributed by atoms with van der Waals surface area (Å²) in [5.41, 5.74) is 0.387. The quantitative estimate of drug-likeness (QED) is 0.670. The van der Waals surface area contributed by atoms with Crippen molar-refractivity contribution < 1.29 is 14.3 Å². The Morgan fingerprint density at radius 1 is 1.04 bits per heavy atom. The first-order valence-electron chi connectivity index (χ1n) is 8.90. The first-order chi connectivity index (χ1) is 12.8. The summed E-state index contributed by atoms with van der Waals surface area (Å²) in [4.78, 5) is 25.2. The highest BCUT2D eigenvalue weighted by atomic mass is 35.5. The van der Waals surface area contributed by atoms with Crippen LogP contribution >= 0.6 is 11.6 Å². The molecule has 2 rings (SSSR count). The van der Waals surface area contributed by atoms with E-state index in [4.69, 9.17) is 16.3 Å². The predicted molar refractivity (Wildman–Crippen MR) is 108 cm³/mol. The van der Waals surface area contributed by atoms with Gasteiger partial charge in [0.25, 0.3) is 0 Å². The van der Waals surface area contributed by atoms with Crippen LogP contribution in [-0.2, 0) is 16.0 Å². The number of amides is 2. The fraction of sp³-hybridized carbons (Fsp3) is 0.333. The largest absolute Gasteiger partial charge is 0.492 e. The summed E-state index contributed by atoms with van der Waals surface area (Å²) in [6.45, 7) is 6.00. The van der Waals surface area contributed by atoms with Crippen LogP contribution in [0.5, 0.6) is 5.75 Å². The second-order valence-electron chi connectivity index (χ2n) is 6.64. The lowest BCUT2D eigenvalue weighted by Crippen LogP contribution is -2.45. The molecule has 2 N–H and O–H groups in total. The molecule has 0 aliphatic rings. The van der Waals surface area contributed by atoms with Crippen LogP contribution in [-0.4, -0.2) is 25.0 Å². The van der Waals surface area contributed by atoms with Gasteiger partial charge in [0.1, 0.15) is 11.2 Å². The van der Waals surface area contributed by atoms with Crippen molar-refractivity contribution in [2.24, 2.45) is 5.41 Å². The van der Waals surface area contributed by atoms with Crippen LogP contribution in [0, 0.1) is 5.41 Å². The lowest BCUT2D eigenvalue weighted by atomic mass is 9.90. The Morgan fingerprint density at radius 2 is 1.70 bits per heavy atom. The van der Waals surface area contributed by atoms with E-state index in [-0.39, 0.29) is 5.91 Å². The third-order valence-corrected chi connectivity index (χ3v) is 4.43. The van der Waals surface area contributed by atoms with Crippen molar-refractivity contribution in [3.05, 3.63) is 59.1 Å². The van der Waals surface area contributed by atoms with Gasteiger partial charge >= 0.3 is 0 Å². The Hall–Kier alpha value is -2.53. The summed E-state index contributed by atoms with van der Waals surface area (Å²) in [5.74, 6) is -0.145. The summed E-state index contributed by atoms with van der Waals surface area (Å²) in [6, 6.07) is 14.6. The third-order valence-electron chi connectivity index (χ3n) is 4.18. The summed E-state index contributed by atoms with van der Waals surface area (Å²) in [6.07, 6.45) is 0.660. The standard InChI is InChI=1S/C21H25ClN2O3/c1-4-27-18-8-6-5-7-17(18)24-20(26)21(2,3)19(25)23-14-13-15-9-11-16(22)12-10-15/h5-12H,4,13-14H2,1-3H3,(H,23,25)(H,24,26). The smallest absolute Gasteiger partial charge is 0.239 e. The zero-order valence-electron chi connectivity index (χ0n) is 15.8. The van der Waals surface area contributed by atoms with Crippen molar-refractivity contribution in [2.45, 2.75) is 27.2 Å². The number of benzene rings is 2. The number of halogens is 1. The van der Waals surface area contributed by atoms with E-state index in [2.05, 4.69) is 10.6 Å². The van der Waals surface area contributed by atoms with E-state index >= 15 is 0 Å². The lowest BCUT2D eigenvalue weighted by Gasteiger charge is -2.23. The minimum atomic E-state index is -1.22. The molecule has 144 valence electrons. The predicted octanol–water partition coefficient (Wildman–Crippen LogP) is 4.06. The van der Waals surface area contributed by atoms with E-state index in [1.54, 1.807) is 32.0 Å². The van der Waals surface area contributed by atoms with Crippen molar-refractivity contribution >= 4 is 29.1 Å². The van der Waals surface area contributed by atoms with Gasteiger partial charge in [-0.05, 0) is 57.0 Å². The van der Waals surface area contributed by atoms with Gasteiger partial charge in [-0.3, -0.25) is 9.59 Å².